The van der Waals surface area contributed by atoms with Gasteiger partial charge in [0.1, 0.15) is 5.82 Å². The fraction of sp³-hybridized carbons (Fsp3) is 0.500. The monoisotopic (exact) mass is 307 g/mol. The van der Waals surface area contributed by atoms with Crippen LogP contribution in [0.2, 0.25) is 0 Å². The number of nitrogens with zero attached hydrogens (tertiary/aromatic N) is 2. The van der Waals surface area contributed by atoms with Crippen molar-refractivity contribution < 1.29 is 0 Å². The minimum atomic E-state index is 0.734. The highest BCUT2D eigenvalue weighted by Gasteiger charge is 2.21. The van der Waals surface area contributed by atoms with Crippen LogP contribution in [0.15, 0.2) is 28.9 Å². The lowest BCUT2D eigenvalue weighted by Gasteiger charge is -2.26. The van der Waals surface area contributed by atoms with Gasteiger partial charge in [-0.15, -0.1) is 0 Å². The SMILES string of the molecule is Brc1cnc(N2CC=CCC2)c(CNC2CC2)c1. The molecular formula is C14H18BrN3. The summed E-state index contributed by atoms with van der Waals surface area (Å²) in [6.07, 6.45) is 10.1. The first-order valence-corrected chi connectivity index (χ1v) is 7.40. The summed E-state index contributed by atoms with van der Waals surface area (Å²) < 4.78 is 1.06. The minimum absolute atomic E-state index is 0.734. The van der Waals surface area contributed by atoms with Gasteiger partial charge in [0, 0.05) is 41.9 Å². The molecule has 1 aliphatic heterocycles. The third-order valence-electron chi connectivity index (χ3n) is 3.43. The molecule has 1 N–H and O–H groups in total. The van der Waals surface area contributed by atoms with Crippen LogP contribution < -0.4 is 10.2 Å². The van der Waals surface area contributed by atoms with E-state index in [9.17, 15) is 0 Å². The highest BCUT2D eigenvalue weighted by Crippen LogP contribution is 2.25. The van der Waals surface area contributed by atoms with Crippen molar-refractivity contribution >= 4 is 21.7 Å². The average molecular weight is 308 g/mol. The van der Waals surface area contributed by atoms with E-state index in [0.29, 0.717) is 0 Å². The smallest absolute Gasteiger partial charge is 0.133 e. The Hall–Kier alpha value is -0.870. The van der Waals surface area contributed by atoms with Crippen LogP contribution in [0, 0.1) is 0 Å². The fourth-order valence-corrected chi connectivity index (χ4v) is 2.64. The Morgan fingerprint density at radius 3 is 3.00 bits per heavy atom. The molecule has 0 unspecified atom stereocenters. The van der Waals surface area contributed by atoms with E-state index < -0.39 is 0 Å². The van der Waals surface area contributed by atoms with Crippen LogP contribution in [0.3, 0.4) is 0 Å². The molecule has 0 bridgehead atoms. The molecule has 1 fully saturated rings. The van der Waals surface area contributed by atoms with Crippen molar-refractivity contribution in [2.24, 2.45) is 0 Å². The van der Waals surface area contributed by atoms with Crippen LogP contribution in [0.5, 0.6) is 0 Å². The van der Waals surface area contributed by atoms with Crippen molar-refractivity contribution in [3.63, 3.8) is 0 Å². The summed E-state index contributed by atoms with van der Waals surface area (Å²) >= 11 is 3.52. The molecule has 0 spiro atoms. The molecule has 0 atom stereocenters. The third kappa shape index (κ3) is 2.93. The predicted molar refractivity (Wildman–Crippen MR) is 77.8 cm³/mol. The second kappa shape index (κ2) is 5.41. The molecule has 1 aromatic heterocycles. The maximum absolute atomic E-state index is 4.61. The van der Waals surface area contributed by atoms with Crippen molar-refractivity contribution in [2.75, 3.05) is 18.0 Å². The molecule has 0 saturated heterocycles. The van der Waals surface area contributed by atoms with Crippen molar-refractivity contribution in [3.05, 3.63) is 34.5 Å². The summed E-state index contributed by atoms with van der Waals surface area (Å²) in [4.78, 5) is 6.96. The lowest BCUT2D eigenvalue weighted by Crippen LogP contribution is -2.29. The van der Waals surface area contributed by atoms with Crippen LogP contribution in [0.4, 0.5) is 5.82 Å². The number of rotatable bonds is 4. The maximum atomic E-state index is 4.61. The number of hydrogen-bond donors (Lipinski definition) is 1. The Balaban J connectivity index is 1.79. The number of hydrogen-bond acceptors (Lipinski definition) is 3. The number of nitrogens with one attached hydrogen (secondary N) is 1. The quantitative estimate of drug-likeness (QED) is 0.867. The van der Waals surface area contributed by atoms with Gasteiger partial charge < -0.3 is 10.2 Å². The Bertz CT molecular complexity index is 454. The van der Waals surface area contributed by atoms with E-state index in [4.69, 9.17) is 0 Å². The van der Waals surface area contributed by atoms with E-state index in [1.807, 2.05) is 6.20 Å². The first-order chi connectivity index (χ1) is 8.83. The Morgan fingerprint density at radius 2 is 2.28 bits per heavy atom. The molecule has 18 heavy (non-hydrogen) atoms. The number of aromatic nitrogens is 1. The Labute approximate surface area is 116 Å². The van der Waals surface area contributed by atoms with E-state index in [1.165, 1.54) is 18.4 Å². The van der Waals surface area contributed by atoms with Crippen molar-refractivity contribution in [3.8, 4) is 0 Å². The molecule has 96 valence electrons. The van der Waals surface area contributed by atoms with Gasteiger partial charge in [-0.25, -0.2) is 4.98 Å². The number of halogens is 1. The molecule has 1 saturated carbocycles. The van der Waals surface area contributed by atoms with Crippen LogP contribution in [0.1, 0.15) is 24.8 Å². The molecule has 0 aromatic carbocycles. The number of pyridine rings is 1. The van der Waals surface area contributed by atoms with E-state index >= 15 is 0 Å². The average Bonchev–Trinajstić information content (AvgIpc) is 3.21. The standard InChI is InChI=1S/C14H18BrN3/c15-12-8-11(9-16-13-4-5-13)14(17-10-12)18-6-2-1-3-7-18/h1-2,8,10,13,16H,3-7,9H2. The first-order valence-electron chi connectivity index (χ1n) is 6.60. The van der Waals surface area contributed by atoms with E-state index in [0.717, 1.165) is 42.4 Å². The highest BCUT2D eigenvalue weighted by atomic mass is 79.9. The summed E-state index contributed by atoms with van der Waals surface area (Å²) in [5.74, 6) is 1.13. The summed E-state index contributed by atoms with van der Waals surface area (Å²) in [6.45, 7) is 2.97. The normalized spacial score (nSPS) is 19.3. The van der Waals surface area contributed by atoms with E-state index in [1.54, 1.807) is 0 Å². The predicted octanol–water partition coefficient (Wildman–Crippen LogP) is 2.86. The van der Waals surface area contributed by atoms with E-state index in [-0.39, 0.29) is 0 Å². The van der Waals surface area contributed by atoms with Crippen molar-refractivity contribution in [2.45, 2.75) is 31.8 Å². The Morgan fingerprint density at radius 1 is 1.39 bits per heavy atom. The summed E-state index contributed by atoms with van der Waals surface area (Å²) in [5.41, 5.74) is 1.30. The molecule has 1 aliphatic carbocycles. The second-order valence-electron chi connectivity index (χ2n) is 5.00. The molecule has 3 rings (SSSR count). The van der Waals surface area contributed by atoms with Crippen LogP contribution in [-0.4, -0.2) is 24.1 Å². The molecule has 4 heteroatoms. The van der Waals surface area contributed by atoms with Gasteiger partial charge in [-0.3, -0.25) is 0 Å². The molecule has 2 aliphatic rings. The first kappa shape index (κ1) is 12.2. The molecular weight excluding hydrogens is 290 g/mol. The highest BCUT2D eigenvalue weighted by molar-refractivity contribution is 9.10. The zero-order chi connectivity index (χ0) is 12.4. The number of anilines is 1. The maximum Gasteiger partial charge on any atom is 0.133 e. The molecule has 0 amide bonds. The second-order valence-corrected chi connectivity index (χ2v) is 5.91. The van der Waals surface area contributed by atoms with Crippen LogP contribution in [-0.2, 0) is 6.54 Å². The van der Waals surface area contributed by atoms with Gasteiger partial charge >= 0.3 is 0 Å². The Kier molecular flexibility index (Phi) is 3.66. The lowest BCUT2D eigenvalue weighted by molar-refractivity contribution is 0.679. The van der Waals surface area contributed by atoms with Gasteiger partial charge in [-0.05, 0) is 41.3 Å². The van der Waals surface area contributed by atoms with Gasteiger partial charge in [0.2, 0.25) is 0 Å². The fourth-order valence-electron chi connectivity index (χ4n) is 2.26. The summed E-state index contributed by atoms with van der Waals surface area (Å²) in [7, 11) is 0. The summed E-state index contributed by atoms with van der Waals surface area (Å²) in [5, 5.41) is 3.57. The van der Waals surface area contributed by atoms with Crippen molar-refractivity contribution in [1.82, 2.24) is 10.3 Å². The van der Waals surface area contributed by atoms with Gasteiger partial charge in [0.05, 0.1) is 0 Å². The van der Waals surface area contributed by atoms with Gasteiger partial charge in [-0.1, -0.05) is 12.2 Å². The molecule has 1 aromatic rings. The molecule has 3 nitrogen and oxygen atoms in total. The van der Waals surface area contributed by atoms with Crippen molar-refractivity contribution in [1.29, 1.82) is 0 Å². The largest absolute Gasteiger partial charge is 0.352 e. The minimum Gasteiger partial charge on any atom is -0.352 e. The third-order valence-corrected chi connectivity index (χ3v) is 3.86. The topological polar surface area (TPSA) is 28.2 Å². The van der Waals surface area contributed by atoms with Gasteiger partial charge in [-0.2, -0.15) is 0 Å². The van der Waals surface area contributed by atoms with Crippen LogP contribution >= 0.6 is 15.9 Å². The molecule has 0 radical (unpaired) electrons. The molecule has 2 heterocycles. The lowest BCUT2D eigenvalue weighted by atomic mass is 10.2. The van der Waals surface area contributed by atoms with Crippen LogP contribution in [0.25, 0.3) is 0 Å². The summed E-state index contributed by atoms with van der Waals surface area (Å²) in [6, 6.07) is 2.92. The van der Waals surface area contributed by atoms with Gasteiger partial charge in [0.15, 0.2) is 0 Å². The van der Waals surface area contributed by atoms with E-state index in [2.05, 4.69) is 49.3 Å². The van der Waals surface area contributed by atoms with Gasteiger partial charge in [0.25, 0.3) is 0 Å². The zero-order valence-electron chi connectivity index (χ0n) is 10.4. The zero-order valence-corrected chi connectivity index (χ0v) is 12.0.